The van der Waals surface area contributed by atoms with Gasteiger partial charge in [0.05, 0.1) is 11.8 Å². The van der Waals surface area contributed by atoms with Gasteiger partial charge >= 0.3 is 0 Å². The second kappa shape index (κ2) is 7.30. The highest BCUT2D eigenvalue weighted by Crippen LogP contribution is 2.28. The van der Waals surface area contributed by atoms with Crippen LogP contribution in [0.1, 0.15) is 33.6 Å². The van der Waals surface area contributed by atoms with Crippen molar-refractivity contribution in [1.29, 1.82) is 0 Å². The van der Waals surface area contributed by atoms with E-state index in [1.807, 2.05) is 57.2 Å². The first-order valence-corrected chi connectivity index (χ1v) is 8.59. The van der Waals surface area contributed by atoms with E-state index < -0.39 is 0 Å². The quantitative estimate of drug-likeness (QED) is 0.783. The maximum Gasteiger partial charge on any atom is 0.228 e. The number of rotatable bonds is 3. The standard InChI is InChI=1S/C18H23BrN2O2/c1-18(2,3)21-17(23)15-7-5-4-6-14(15)16(22)20-13-10-8-12(19)9-11-13/h4-5,8-11,14-15H,6-7H2,1-3H3,(H,20,22)(H,21,23). The van der Waals surface area contributed by atoms with Crippen LogP contribution in [-0.2, 0) is 9.59 Å². The van der Waals surface area contributed by atoms with Crippen molar-refractivity contribution in [3.63, 3.8) is 0 Å². The van der Waals surface area contributed by atoms with E-state index in [9.17, 15) is 9.59 Å². The Labute approximate surface area is 145 Å². The number of anilines is 1. The van der Waals surface area contributed by atoms with Gasteiger partial charge in [-0.15, -0.1) is 0 Å². The minimum absolute atomic E-state index is 0.0576. The molecule has 2 amide bonds. The molecule has 0 saturated heterocycles. The third kappa shape index (κ3) is 5.20. The lowest BCUT2D eigenvalue weighted by atomic mass is 9.81. The molecule has 1 aromatic carbocycles. The zero-order chi connectivity index (χ0) is 17.0. The van der Waals surface area contributed by atoms with Crippen LogP contribution in [0.25, 0.3) is 0 Å². The van der Waals surface area contributed by atoms with Crippen LogP contribution in [0.4, 0.5) is 5.69 Å². The summed E-state index contributed by atoms with van der Waals surface area (Å²) in [6, 6.07) is 7.43. The van der Waals surface area contributed by atoms with Crippen LogP contribution in [0.15, 0.2) is 40.9 Å². The van der Waals surface area contributed by atoms with Crippen LogP contribution >= 0.6 is 15.9 Å². The lowest BCUT2D eigenvalue weighted by molar-refractivity contribution is -0.133. The molecule has 2 atom stereocenters. The van der Waals surface area contributed by atoms with E-state index in [-0.39, 0.29) is 29.2 Å². The molecule has 0 aromatic heterocycles. The van der Waals surface area contributed by atoms with E-state index in [4.69, 9.17) is 0 Å². The summed E-state index contributed by atoms with van der Waals surface area (Å²) in [6.07, 6.45) is 5.15. The molecular weight excluding hydrogens is 356 g/mol. The van der Waals surface area contributed by atoms with E-state index in [1.165, 1.54) is 0 Å². The third-order valence-corrected chi connectivity index (χ3v) is 4.24. The molecule has 1 aromatic rings. The zero-order valence-corrected chi connectivity index (χ0v) is 15.3. The Bertz CT molecular complexity index is 602. The van der Waals surface area contributed by atoms with Crippen molar-refractivity contribution in [2.45, 2.75) is 39.2 Å². The Morgan fingerprint density at radius 2 is 1.52 bits per heavy atom. The molecule has 124 valence electrons. The van der Waals surface area contributed by atoms with Crippen LogP contribution in [0.3, 0.4) is 0 Å². The van der Waals surface area contributed by atoms with E-state index in [0.29, 0.717) is 12.8 Å². The highest BCUT2D eigenvalue weighted by molar-refractivity contribution is 9.10. The van der Waals surface area contributed by atoms with Gasteiger partial charge in [0.1, 0.15) is 0 Å². The molecule has 1 aliphatic rings. The first-order valence-electron chi connectivity index (χ1n) is 7.80. The van der Waals surface area contributed by atoms with Gasteiger partial charge in [0.15, 0.2) is 0 Å². The second-order valence-corrected chi connectivity index (χ2v) is 7.81. The van der Waals surface area contributed by atoms with E-state index in [1.54, 1.807) is 0 Å². The normalized spacial score (nSPS) is 20.9. The molecule has 0 radical (unpaired) electrons. The fraction of sp³-hybridized carbons (Fsp3) is 0.444. The largest absolute Gasteiger partial charge is 0.351 e. The molecule has 0 spiro atoms. The summed E-state index contributed by atoms with van der Waals surface area (Å²) in [5, 5.41) is 5.90. The van der Waals surface area contributed by atoms with Crippen molar-refractivity contribution in [3.8, 4) is 0 Å². The summed E-state index contributed by atoms with van der Waals surface area (Å²) in [5.41, 5.74) is 0.438. The van der Waals surface area contributed by atoms with Gasteiger partial charge in [-0.3, -0.25) is 9.59 Å². The molecule has 0 bridgehead atoms. The van der Waals surface area contributed by atoms with Crippen LogP contribution < -0.4 is 10.6 Å². The van der Waals surface area contributed by atoms with Crippen LogP contribution in [-0.4, -0.2) is 17.4 Å². The fourth-order valence-electron chi connectivity index (χ4n) is 2.62. The van der Waals surface area contributed by atoms with Crippen molar-refractivity contribution in [1.82, 2.24) is 5.32 Å². The van der Waals surface area contributed by atoms with Gasteiger partial charge < -0.3 is 10.6 Å². The lowest BCUT2D eigenvalue weighted by Gasteiger charge is -2.30. The molecular formula is C18H23BrN2O2. The van der Waals surface area contributed by atoms with Gasteiger partial charge in [-0.2, -0.15) is 0 Å². The summed E-state index contributed by atoms with van der Waals surface area (Å²) >= 11 is 3.37. The molecule has 1 aliphatic carbocycles. The number of amides is 2. The summed E-state index contributed by atoms with van der Waals surface area (Å²) in [6.45, 7) is 5.83. The van der Waals surface area contributed by atoms with Crippen molar-refractivity contribution >= 4 is 33.4 Å². The average Bonchev–Trinajstić information content (AvgIpc) is 2.48. The minimum Gasteiger partial charge on any atom is -0.351 e. The Hall–Kier alpha value is -1.62. The third-order valence-electron chi connectivity index (χ3n) is 3.72. The number of hydrogen-bond donors (Lipinski definition) is 2. The Morgan fingerprint density at radius 1 is 1.00 bits per heavy atom. The zero-order valence-electron chi connectivity index (χ0n) is 13.7. The van der Waals surface area contributed by atoms with Gasteiger partial charge in [0.25, 0.3) is 0 Å². The first-order chi connectivity index (χ1) is 10.8. The van der Waals surface area contributed by atoms with Crippen molar-refractivity contribution in [2.75, 3.05) is 5.32 Å². The monoisotopic (exact) mass is 378 g/mol. The highest BCUT2D eigenvalue weighted by atomic mass is 79.9. The maximum atomic E-state index is 12.6. The van der Waals surface area contributed by atoms with Gasteiger partial charge in [0.2, 0.25) is 11.8 Å². The van der Waals surface area contributed by atoms with Gasteiger partial charge in [-0.1, -0.05) is 28.1 Å². The number of carbonyl (C=O) groups is 2. The van der Waals surface area contributed by atoms with E-state index in [2.05, 4.69) is 26.6 Å². The molecule has 23 heavy (non-hydrogen) atoms. The minimum atomic E-state index is -0.342. The lowest BCUT2D eigenvalue weighted by Crippen LogP contribution is -2.47. The Balaban J connectivity index is 2.08. The maximum absolute atomic E-state index is 12.6. The highest BCUT2D eigenvalue weighted by Gasteiger charge is 2.35. The first kappa shape index (κ1) is 17.7. The number of hydrogen-bond acceptors (Lipinski definition) is 2. The van der Waals surface area contributed by atoms with Crippen molar-refractivity contribution < 1.29 is 9.59 Å². The Morgan fingerprint density at radius 3 is 2.04 bits per heavy atom. The molecule has 4 nitrogen and oxygen atoms in total. The van der Waals surface area contributed by atoms with Crippen molar-refractivity contribution in [2.24, 2.45) is 11.8 Å². The molecule has 2 rings (SSSR count). The number of carbonyl (C=O) groups excluding carboxylic acids is 2. The van der Waals surface area contributed by atoms with Gasteiger partial charge in [0, 0.05) is 15.7 Å². The molecule has 2 N–H and O–H groups in total. The summed E-state index contributed by atoms with van der Waals surface area (Å²) < 4.78 is 0.957. The molecule has 0 saturated carbocycles. The SMILES string of the molecule is CC(C)(C)NC(=O)C1CC=CCC1C(=O)Nc1ccc(Br)cc1. The topological polar surface area (TPSA) is 58.2 Å². The fourth-order valence-corrected chi connectivity index (χ4v) is 2.89. The van der Waals surface area contributed by atoms with Crippen LogP contribution in [0.2, 0.25) is 0 Å². The summed E-state index contributed by atoms with van der Waals surface area (Å²) in [7, 11) is 0. The van der Waals surface area contributed by atoms with E-state index in [0.717, 1.165) is 10.2 Å². The van der Waals surface area contributed by atoms with Gasteiger partial charge in [-0.25, -0.2) is 0 Å². The molecule has 0 aliphatic heterocycles. The molecule has 0 heterocycles. The smallest absolute Gasteiger partial charge is 0.228 e. The van der Waals surface area contributed by atoms with Gasteiger partial charge in [-0.05, 0) is 57.9 Å². The number of allylic oxidation sites excluding steroid dienone is 2. The second-order valence-electron chi connectivity index (χ2n) is 6.89. The van der Waals surface area contributed by atoms with E-state index >= 15 is 0 Å². The summed E-state index contributed by atoms with van der Waals surface area (Å²) in [5.74, 6) is -0.829. The average molecular weight is 379 g/mol. The molecule has 0 fully saturated rings. The number of halogens is 1. The Kier molecular flexibility index (Phi) is 5.63. The molecule has 5 heteroatoms. The predicted molar refractivity (Wildman–Crippen MR) is 96.0 cm³/mol. The van der Waals surface area contributed by atoms with Crippen LogP contribution in [0, 0.1) is 11.8 Å². The number of nitrogens with one attached hydrogen (secondary N) is 2. The van der Waals surface area contributed by atoms with Crippen LogP contribution in [0.5, 0.6) is 0 Å². The summed E-state index contributed by atoms with van der Waals surface area (Å²) in [4.78, 5) is 25.1. The molecule has 2 unspecified atom stereocenters. The predicted octanol–water partition coefficient (Wildman–Crippen LogP) is 3.88. The number of benzene rings is 1. The van der Waals surface area contributed by atoms with Crippen molar-refractivity contribution in [3.05, 3.63) is 40.9 Å².